The molecule has 1 saturated carbocycles. The van der Waals surface area contributed by atoms with Crippen molar-refractivity contribution in [1.82, 2.24) is 20.1 Å². The van der Waals surface area contributed by atoms with E-state index in [1.54, 1.807) is 12.7 Å². The highest BCUT2D eigenvalue weighted by Crippen LogP contribution is 2.40. The van der Waals surface area contributed by atoms with Crippen LogP contribution >= 0.6 is 0 Å². The van der Waals surface area contributed by atoms with E-state index in [0.717, 1.165) is 19.0 Å². The van der Waals surface area contributed by atoms with Crippen LogP contribution in [-0.2, 0) is 6.54 Å². The van der Waals surface area contributed by atoms with Crippen molar-refractivity contribution in [2.75, 3.05) is 6.54 Å². The molecule has 4 heteroatoms. The molecule has 1 heterocycles. The molecule has 0 aliphatic heterocycles. The molecule has 1 N–H and O–H groups in total. The highest BCUT2D eigenvalue weighted by Gasteiger charge is 2.23. The maximum Gasteiger partial charge on any atom is 0.137 e. The summed E-state index contributed by atoms with van der Waals surface area (Å²) in [6.45, 7) is 3.97. The molecule has 1 aromatic carbocycles. The summed E-state index contributed by atoms with van der Waals surface area (Å²) in [5, 5.41) is 7.63. The Morgan fingerprint density at radius 2 is 2.32 bits per heavy atom. The molecule has 1 aliphatic carbocycles. The van der Waals surface area contributed by atoms with E-state index in [1.807, 2.05) is 4.68 Å². The van der Waals surface area contributed by atoms with Crippen LogP contribution in [-0.4, -0.2) is 21.3 Å². The minimum absolute atomic E-state index is 0.377. The number of benzene rings is 1. The Kier molecular flexibility index (Phi) is 3.60. The second-order valence-corrected chi connectivity index (χ2v) is 5.28. The zero-order chi connectivity index (χ0) is 13.1. The van der Waals surface area contributed by atoms with E-state index in [4.69, 9.17) is 0 Å². The van der Waals surface area contributed by atoms with Crippen LogP contribution in [0.25, 0.3) is 0 Å². The van der Waals surface area contributed by atoms with Crippen LogP contribution in [0.5, 0.6) is 0 Å². The first-order valence-corrected chi connectivity index (χ1v) is 6.98. The molecule has 0 spiro atoms. The van der Waals surface area contributed by atoms with E-state index < -0.39 is 0 Å². The summed E-state index contributed by atoms with van der Waals surface area (Å²) in [5.41, 5.74) is 2.88. The molecular formula is C15H20N4. The molecule has 3 rings (SSSR count). The maximum atomic E-state index is 4.10. The van der Waals surface area contributed by atoms with Gasteiger partial charge >= 0.3 is 0 Å². The van der Waals surface area contributed by atoms with Crippen molar-refractivity contribution < 1.29 is 0 Å². The van der Waals surface area contributed by atoms with Gasteiger partial charge in [0.05, 0.1) is 6.54 Å². The van der Waals surface area contributed by atoms with Gasteiger partial charge in [0.25, 0.3) is 0 Å². The number of hydrogen-bond donors (Lipinski definition) is 1. The fourth-order valence-corrected chi connectivity index (χ4v) is 2.36. The average Bonchev–Trinajstić information content (AvgIpc) is 3.17. The number of nitrogens with one attached hydrogen (secondary N) is 1. The molecule has 100 valence electrons. The first-order chi connectivity index (χ1) is 9.33. The van der Waals surface area contributed by atoms with Gasteiger partial charge in [-0.05, 0) is 36.8 Å². The van der Waals surface area contributed by atoms with Gasteiger partial charge in [-0.3, -0.25) is 4.68 Å². The van der Waals surface area contributed by atoms with Gasteiger partial charge in [0.15, 0.2) is 0 Å². The molecule has 1 fully saturated rings. The smallest absolute Gasteiger partial charge is 0.137 e. The lowest BCUT2D eigenvalue weighted by molar-refractivity contribution is 0.506. The highest BCUT2D eigenvalue weighted by molar-refractivity contribution is 5.30. The summed E-state index contributed by atoms with van der Waals surface area (Å²) in [5.74, 6) is 0.822. The predicted octanol–water partition coefficient (Wildman–Crippen LogP) is 2.51. The third-order valence-corrected chi connectivity index (χ3v) is 3.72. The molecule has 0 bridgehead atoms. The van der Waals surface area contributed by atoms with E-state index in [1.165, 1.54) is 24.0 Å². The number of nitrogens with zero attached hydrogens (tertiary/aromatic N) is 3. The Balaban J connectivity index is 1.54. The number of rotatable bonds is 6. The molecule has 0 radical (unpaired) electrons. The molecule has 19 heavy (non-hydrogen) atoms. The fourth-order valence-electron chi connectivity index (χ4n) is 2.36. The van der Waals surface area contributed by atoms with Crippen LogP contribution in [0.15, 0.2) is 36.9 Å². The first-order valence-electron chi connectivity index (χ1n) is 6.98. The number of aromatic nitrogens is 3. The summed E-state index contributed by atoms with van der Waals surface area (Å²) in [6, 6.07) is 9.37. The minimum Gasteiger partial charge on any atom is -0.308 e. The van der Waals surface area contributed by atoms with E-state index in [0.29, 0.717) is 6.04 Å². The molecule has 1 unspecified atom stereocenters. The third kappa shape index (κ3) is 3.20. The zero-order valence-electron chi connectivity index (χ0n) is 11.3. The number of hydrogen-bond acceptors (Lipinski definition) is 3. The van der Waals surface area contributed by atoms with Gasteiger partial charge in [-0.2, -0.15) is 5.10 Å². The lowest BCUT2D eigenvalue weighted by atomic mass is 10.0. The van der Waals surface area contributed by atoms with Gasteiger partial charge in [-0.25, -0.2) is 4.98 Å². The van der Waals surface area contributed by atoms with E-state index in [9.17, 15) is 0 Å². The zero-order valence-corrected chi connectivity index (χ0v) is 11.3. The Labute approximate surface area is 113 Å². The molecule has 0 amide bonds. The molecular weight excluding hydrogens is 236 g/mol. The Morgan fingerprint density at radius 3 is 3.05 bits per heavy atom. The summed E-state index contributed by atoms with van der Waals surface area (Å²) >= 11 is 0. The summed E-state index contributed by atoms with van der Waals surface area (Å²) in [7, 11) is 0. The quantitative estimate of drug-likeness (QED) is 0.863. The van der Waals surface area contributed by atoms with Crippen molar-refractivity contribution in [3.63, 3.8) is 0 Å². The van der Waals surface area contributed by atoms with Gasteiger partial charge < -0.3 is 5.32 Å². The van der Waals surface area contributed by atoms with Gasteiger partial charge in [0.1, 0.15) is 12.7 Å². The van der Waals surface area contributed by atoms with E-state index in [-0.39, 0.29) is 0 Å². The van der Waals surface area contributed by atoms with Crippen molar-refractivity contribution >= 4 is 0 Å². The lowest BCUT2D eigenvalue weighted by Gasteiger charge is -2.15. The topological polar surface area (TPSA) is 42.7 Å². The van der Waals surface area contributed by atoms with Crippen LogP contribution in [0.4, 0.5) is 0 Å². The normalized spacial score (nSPS) is 16.5. The minimum atomic E-state index is 0.377. The maximum absolute atomic E-state index is 4.10. The summed E-state index contributed by atoms with van der Waals surface area (Å²) in [6.07, 6.45) is 6.04. The third-order valence-electron chi connectivity index (χ3n) is 3.72. The summed E-state index contributed by atoms with van der Waals surface area (Å²) in [4.78, 5) is 3.94. The molecule has 2 aromatic rings. The Morgan fingerprint density at radius 1 is 1.42 bits per heavy atom. The van der Waals surface area contributed by atoms with Gasteiger partial charge in [-0.15, -0.1) is 0 Å². The Bertz CT molecular complexity index is 517. The average molecular weight is 256 g/mol. The van der Waals surface area contributed by atoms with Crippen molar-refractivity contribution in [3.8, 4) is 0 Å². The molecule has 1 atom stereocenters. The van der Waals surface area contributed by atoms with Crippen molar-refractivity contribution in [2.45, 2.75) is 38.3 Å². The predicted molar refractivity (Wildman–Crippen MR) is 74.9 cm³/mol. The lowest BCUT2D eigenvalue weighted by Crippen LogP contribution is -2.23. The first kappa shape index (κ1) is 12.4. The van der Waals surface area contributed by atoms with Crippen LogP contribution < -0.4 is 5.32 Å². The van der Waals surface area contributed by atoms with E-state index in [2.05, 4.69) is 46.6 Å². The van der Waals surface area contributed by atoms with Gasteiger partial charge in [0.2, 0.25) is 0 Å². The largest absolute Gasteiger partial charge is 0.308 e. The molecule has 0 saturated heterocycles. The highest BCUT2D eigenvalue weighted by atomic mass is 15.3. The molecule has 1 aliphatic rings. The second kappa shape index (κ2) is 5.53. The molecule has 4 nitrogen and oxygen atoms in total. The van der Waals surface area contributed by atoms with Crippen LogP contribution in [0.1, 0.15) is 42.9 Å². The van der Waals surface area contributed by atoms with Crippen molar-refractivity contribution in [3.05, 3.63) is 48.0 Å². The van der Waals surface area contributed by atoms with Gasteiger partial charge in [0, 0.05) is 12.6 Å². The summed E-state index contributed by atoms with van der Waals surface area (Å²) < 4.78 is 1.85. The Hall–Kier alpha value is -1.68. The van der Waals surface area contributed by atoms with Crippen LogP contribution in [0.3, 0.4) is 0 Å². The van der Waals surface area contributed by atoms with E-state index >= 15 is 0 Å². The van der Waals surface area contributed by atoms with Crippen molar-refractivity contribution in [2.24, 2.45) is 0 Å². The standard InChI is InChI=1S/C15H20N4/c1-12(17-7-8-19-11-16-10-18-19)14-3-2-4-15(9-14)13-5-6-13/h2-4,9-13,17H,5-8H2,1H3. The molecule has 1 aromatic heterocycles. The van der Waals surface area contributed by atoms with Crippen LogP contribution in [0.2, 0.25) is 0 Å². The SMILES string of the molecule is CC(NCCn1cncn1)c1cccc(C2CC2)c1. The van der Waals surface area contributed by atoms with Crippen LogP contribution in [0, 0.1) is 0 Å². The monoisotopic (exact) mass is 256 g/mol. The van der Waals surface area contributed by atoms with Crippen molar-refractivity contribution in [1.29, 1.82) is 0 Å². The fraction of sp³-hybridized carbons (Fsp3) is 0.467. The second-order valence-electron chi connectivity index (χ2n) is 5.28. The van der Waals surface area contributed by atoms with Gasteiger partial charge in [-0.1, -0.05) is 24.3 Å².